The highest BCUT2D eigenvalue weighted by atomic mass is 32.1. The quantitative estimate of drug-likeness (QED) is 0.627. The molecule has 0 amide bonds. The minimum Gasteiger partial charge on any atom is -0.292 e. The van der Waals surface area contributed by atoms with Gasteiger partial charge in [0.15, 0.2) is 0 Å². The minimum atomic E-state index is -4.46. The lowest BCUT2D eigenvalue weighted by atomic mass is 10.1. The van der Waals surface area contributed by atoms with Crippen LogP contribution >= 0.6 is 11.3 Å². The zero-order chi connectivity index (χ0) is 17.8. The molecule has 0 fully saturated rings. The van der Waals surface area contributed by atoms with Gasteiger partial charge in [-0.05, 0) is 60.2 Å². The molecule has 0 saturated carbocycles. The summed E-state index contributed by atoms with van der Waals surface area (Å²) in [6.07, 6.45) is -1.84. The number of allylic oxidation sites excluding steroid dienone is 1. The number of halogens is 3. The lowest BCUT2D eigenvalue weighted by molar-refractivity contribution is -0.137. The van der Waals surface area contributed by atoms with Crippen LogP contribution in [0, 0.1) is 6.92 Å². The Kier molecular flexibility index (Phi) is 3.57. The number of hydrogen-bond acceptors (Lipinski definition) is 3. The van der Waals surface area contributed by atoms with Crippen molar-refractivity contribution in [2.75, 3.05) is 0 Å². The van der Waals surface area contributed by atoms with Gasteiger partial charge in [-0.3, -0.25) is 9.36 Å². The molecule has 0 bridgehead atoms. The minimum absolute atomic E-state index is 0.0850. The summed E-state index contributed by atoms with van der Waals surface area (Å²) in [7, 11) is 0. The Balaban J connectivity index is 1.92. The van der Waals surface area contributed by atoms with Crippen LogP contribution in [-0.4, -0.2) is 9.55 Å². The van der Waals surface area contributed by atoms with Gasteiger partial charge < -0.3 is 0 Å². The van der Waals surface area contributed by atoms with Crippen molar-refractivity contribution in [1.82, 2.24) is 9.55 Å². The highest BCUT2D eigenvalue weighted by Crippen LogP contribution is 2.33. The second-order valence-corrected chi connectivity index (χ2v) is 6.96. The van der Waals surface area contributed by atoms with Crippen LogP contribution in [0.2, 0.25) is 0 Å². The maximum atomic E-state index is 12.9. The molecule has 3 aromatic rings. The molecular weight excluding hydrogens is 349 g/mol. The number of alkyl halides is 3. The van der Waals surface area contributed by atoms with E-state index in [1.165, 1.54) is 6.07 Å². The van der Waals surface area contributed by atoms with E-state index in [9.17, 15) is 18.0 Å². The maximum Gasteiger partial charge on any atom is 0.416 e. The Morgan fingerprint density at radius 1 is 1.28 bits per heavy atom. The van der Waals surface area contributed by atoms with Crippen LogP contribution in [0.25, 0.3) is 22.6 Å². The van der Waals surface area contributed by atoms with Crippen molar-refractivity contribution in [3.05, 3.63) is 61.8 Å². The molecule has 1 aromatic carbocycles. The maximum absolute atomic E-state index is 12.9. The second kappa shape index (κ2) is 5.56. The number of nitrogens with zero attached hydrogens (tertiary/aromatic N) is 2. The van der Waals surface area contributed by atoms with Crippen molar-refractivity contribution in [3.63, 3.8) is 0 Å². The third kappa shape index (κ3) is 2.68. The van der Waals surface area contributed by atoms with Crippen LogP contribution < -0.4 is 5.56 Å². The first-order valence-corrected chi connectivity index (χ1v) is 8.59. The van der Waals surface area contributed by atoms with Gasteiger partial charge >= 0.3 is 6.18 Å². The molecule has 0 radical (unpaired) electrons. The van der Waals surface area contributed by atoms with Crippen LogP contribution in [0.3, 0.4) is 0 Å². The molecule has 4 rings (SSSR count). The summed E-state index contributed by atoms with van der Waals surface area (Å²) in [5, 5.41) is 2.19. The Morgan fingerprint density at radius 2 is 2.08 bits per heavy atom. The average Bonchev–Trinajstić information content (AvgIpc) is 3.14. The van der Waals surface area contributed by atoms with Gasteiger partial charge in [-0.2, -0.15) is 13.2 Å². The van der Waals surface area contributed by atoms with E-state index in [1.807, 2.05) is 24.4 Å². The molecule has 0 saturated heterocycles. The number of thiophene rings is 1. The molecule has 3 heterocycles. The Labute approximate surface area is 145 Å². The van der Waals surface area contributed by atoms with Crippen molar-refractivity contribution in [1.29, 1.82) is 0 Å². The molecule has 1 aliphatic heterocycles. The summed E-state index contributed by atoms with van der Waals surface area (Å²) in [5.74, 6) is 0.463. The summed E-state index contributed by atoms with van der Waals surface area (Å²) in [6, 6.07) is 5.09. The van der Waals surface area contributed by atoms with Crippen LogP contribution in [0.4, 0.5) is 13.2 Å². The Bertz CT molecular complexity index is 1080. The number of aromatic nitrogens is 2. The highest BCUT2D eigenvalue weighted by molar-refractivity contribution is 7.11. The molecular formula is C18H13F3N2OS. The van der Waals surface area contributed by atoms with E-state index >= 15 is 0 Å². The van der Waals surface area contributed by atoms with Gasteiger partial charge in [-0.1, -0.05) is 0 Å². The van der Waals surface area contributed by atoms with Gasteiger partial charge in [0.1, 0.15) is 5.82 Å². The fourth-order valence-corrected chi connectivity index (χ4v) is 3.90. The van der Waals surface area contributed by atoms with Crippen molar-refractivity contribution in [2.24, 2.45) is 0 Å². The molecule has 3 nitrogen and oxygen atoms in total. The predicted octanol–water partition coefficient (Wildman–Crippen LogP) is 4.73. The number of fused-ring (bicyclic) bond motifs is 2. The van der Waals surface area contributed by atoms with Gasteiger partial charge in [0.25, 0.3) is 5.56 Å². The fourth-order valence-electron chi connectivity index (χ4n) is 3.02. The summed E-state index contributed by atoms with van der Waals surface area (Å²) in [4.78, 5) is 18.1. The molecule has 0 atom stereocenters. The Morgan fingerprint density at radius 3 is 2.76 bits per heavy atom. The smallest absolute Gasteiger partial charge is 0.292 e. The van der Waals surface area contributed by atoms with Crippen LogP contribution in [0.5, 0.6) is 0 Å². The summed E-state index contributed by atoms with van der Waals surface area (Å²) in [6.45, 7) is 2.49. The number of rotatable bonds is 1. The van der Waals surface area contributed by atoms with Crippen LogP contribution in [0.1, 0.15) is 28.2 Å². The molecule has 0 spiro atoms. The zero-order valence-electron chi connectivity index (χ0n) is 13.2. The van der Waals surface area contributed by atoms with E-state index < -0.39 is 11.7 Å². The summed E-state index contributed by atoms with van der Waals surface area (Å²) < 4.78 is 40.4. The van der Waals surface area contributed by atoms with Crippen molar-refractivity contribution in [3.8, 4) is 0 Å². The van der Waals surface area contributed by atoms with Gasteiger partial charge in [0.2, 0.25) is 0 Å². The van der Waals surface area contributed by atoms with Crippen molar-refractivity contribution < 1.29 is 13.2 Å². The van der Waals surface area contributed by atoms with Gasteiger partial charge in [-0.25, -0.2) is 4.98 Å². The molecule has 25 heavy (non-hydrogen) atoms. The highest BCUT2D eigenvalue weighted by Gasteiger charge is 2.31. The Hall–Kier alpha value is -2.41. The molecule has 0 aliphatic carbocycles. The van der Waals surface area contributed by atoms with Crippen molar-refractivity contribution in [2.45, 2.75) is 26.1 Å². The third-order valence-electron chi connectivity index (χ3n) is 4.38. The molecule has 128 valence electrons. The van der Waals surface area contributed by atoms with E-state index in [1.54, 1.807) is 15.9 Å². The standard InChI is InChI=1S/C18H13F3N2OS/c1-10-5-7-25-15(10)8-11-4-6-23-16(11)22-14-9-12(18(19,20)21)2-3-13(14)17(23)24/h2-3,5,7-9H,4,6H2,1H3/b11-8+. The zero-order valence-corrected chi connectivity index (χ0v) is 14.0. The number of aryl methyl sites for hydroxylation is 1. The van der Waals surface area contributed by atoms with E-state index in [4.69, 9.17) is 0 Å². The van der Waals surface area contributed by atoms with E-state index in [2.05, 4.69) is 4.98 Å². The first-order chi connectivity index (χ1) is 11.8. The summed E-state index contributed by atoms with van der Waals surface area (Å²) >= 11 is 1.58. The van der Waals surface area contributed by atoms with E-state index in [0.29, 0.717) is 18.8 Å². The lowest BCUT2D eigenvalue weighted by Gasteiger charge is -2.09. The molecule has 1 aliphatic rings. The van der Waals surface area contributed by atoms with Crippen LogP contribution in [0.15, 0.2) is 34.4 Å². The normalized spacial score (nSPS) is 15.9. The SMILES string of the molecule is Cc1ccsc1/C=C1\CCn2c1nc1cc(C(F)(F)F)ccc1c2=O. The van der Waals surface area contributed by atoms with E-state index in [-0.39, 0.29) is 16.5 Å². The van der Waals surface area contributed by atoms with Crippen molar-refractivity contribution >= 4 is 33.9 Å². The first kappa shape index (κ1) is 16.1. The van der Waals surface area contributed by atoms with Crippen LogP contribution in [-0.2, 0) is 12.7 Å². The third-order valence-corrected chi connectivity index (χ3v) is 5.35. The molecule has 2 aromatic heterocycles. The lowest BCUT2D eigenvalue weighted by Crippen LogP contribution is -2.21. The number of benzene rings is 1. The monoisotopic (exact) mass is 362 g/mol. The molecule has 0 N–H and O–H groups in total. The van der Waals surface area contributed by atoms with Gasteiger partial charge in [-0.15, -0.1) is 11.3 Å². The molecule has 0 unspecified atom stereocenters. The largest absolute Gasteiger partial charge is 0.416 e. The second-order valence-electron chi connectivity index (χ2n) is 6.01. The first-order valence-electron chi connectivity index (χ1n) is 7.71. The fraction of sp³-hybridized carbons (Fsp3) is 0.222. The number of hydrogen-bond donors (Lipinski definition) is 0. The van der Waals surface area contributed by atoms with Gasteiger partial charge in [0.05, 0.1) is 16.5 Å². The predicted molar refractivity (Wildman–Crippen MR) is 92.5 cm³/mol. The average molecular weight is 362 g/mol. The molecule has 7 heteroatoms. The van der Waals surface area contributed by atoms with Gasteiger partial charge in [0, 0.05) is 11.4 Å². The van der Waals surface area contributed by atoms with E-state index in [0.717, 1.165) is 28.1 Å². The summed E-state index contributed by atoms with van der Waals surface area (Å²) in [5.41, 5.74) is 0.997. The topological polar surface area (TPSA) is 34.9 Å².